The molecule has 4 heteroatoms. The molecule has 3 aliphatic heterocycles. The molecule has 0 unspecified atom stereocenters. The second-order valence-electron chi connectivity index (χ2n) is 10.2. The van der Waals surface area contributed by atoms with Gasteiger partial charge in [-0.05, 0) is 42.1 Å². The van der Waals surface area contributed by atoms with Crippen molar-refractivity contribution in [3.63, 3.8) is 0 Å². The van der Waals surface area contributed by atoms with Crippen LogP contribution in [-0.4, -0.2) is 42.0 Å². The number of fused-ring (bicyclic) bond motifs is 1. The first-order valence-electron chi connectivity index (χ1n) is 11.2. The van der Waals surface area contributed by atoms with Crippen LogP contribution in [0.3, 0.4) is 0 Å². The highest BCUT2D eigenvalue weighted by atomic mass is 16.2. The lowest BCUT2D eigenvalue weighted by molar-refractivity contribution is -0.139. The molecule has 1 aromatic rings. The summed E-state index contributed by atoms with van der Waals surface area (Å²) in [5, 5.41) is 7.05. The summed E-state index contributed by atoms with van der Waals surface area (Å²) in [6.45, 7) is 13.2. The molecular weight excluding hydrogens is 346 g/mol. The summed E-state index contributed by atoms with van der Waals surface area (Å²) in [7, 11) is 0. The summed E-state index contributed by atoms with van der Waals surface area (Å²) in [5.41, 5.74) is 0.774. The Morgan fingerprint density at radius 3 is 2.64 bits per heavy atom. The largest absolute Gasteiger partial charge is 0.350 e. The van der Waals surface area contributed by atoms with Crippen molar-refractivity contribution < 1.29 is 4.79 Å². The summed E-state index contributed by atoms with van der Waals surface area (Å²) < 4.78 is 0. The van der Waals surface area contributed by atoms with Gasteiger partial charge in [0.15, 0.2) is 0 Å². The van der Waals surface area contributed by atoms with Crippen LogP contribution in [0.15, 0.2) is 30.3 Å². The number of likely N-dealkylation sites (tertiary alicyclic amines) is 1. The molecule has 154 valence electrons. The first-order valence-corrected chi connectivity index (χ1v) is 11.2. The molecule has 3 saturated heterocycles. The van der Waals surface area contributed by atoms with Gasteiger partial charge in [0.25, 0.3) is 0 Å². The number of piperidine rings is 2. The van der Waals surface area contributed by atoms with Gasteiger partial charge in [-0.3, -0.25) is 9.69 Å². The van der Waals surface area contributed by atoms with Crippen molar-refractivity contribution >= 4 is 5.91 Å². The van der Waals surface area contributed by atoms with Gasteiger partial charge in [-0.1, -0.05) is 58.0 Å². The van der Waals surface area contributed by atoms with Crippen molar-refractivity contribution in [3.05, 3.63) is 35.9 Å². The summed E-state index contributed by atoms with van der Waals surface area (Å²) in [6, 6.07) is 10.8. The zero-order valence-corrected chi connectivity index (χ0v) is 17.9. The number of rotatable bonds is 7. The average molecular weight is 384 g/mol. The number of hydrogen-bond acceptors (Lipinski definition) is 3. The molecular formula is C24H37N3O. The maximum atomic E-state index is 13.6. The van der Waals surface area contributed by atoms with E-state index in [1.807, 2.05) is 18.2 Å². The van der Waals surface area contributed by atoms with E-state index in [1.54, 1.807) is 0 Å². The van der Waals surface area contributed by atoms with Crippen LogP contribution in [0.2, 0.25) is 0 Å². The Balaban J connectivity index is 1.58. The monoisotopic (exact) mass is 383 g/mol. The predicted molar refractivity (Wildman–Crippen MR) is 114 cm³/mol. The van der Waals surface area contributed by atoms with Crippen LogP contribution in [0.4, 0.5) is 0 Å². The molecule has 5 rings (SSSR count). The van der Waals surface area contributed by atoms with Crippen molar-refractivity contribution in [3.8, 4) is 0 Å². The highest BCUT2D eigenvalue weighted by Crippen LogP contribution is 2.53. The number of amides is 1. The lowest BCUT2D eigenvalue weighted by Gasteiger charge is -2.56. The number of carbonyl (C=O) groups is 1. The second kappa shape index (κ2) is 7.79. The van der Waals surface area contributed by atoms with E-state index in [0.717, 1.165) is 25.9 Å². The lowest BCUT2D eigenvalue weighted by Crippen LogP contribution is -2.74. The lowest BCUT2D eigenvalue weighted by atomic mass is 9.57. The maximum Gasteiger partial charge on any atom is 0.240 e. The molecule has 5 atom stereocenters. The SMILES string of the molecule is CC(C)C[C@H]1[C@@H]2[C@@H]3CN[C@@]1(C(=O)NCc1ccccc1)C[C@@H]3CN2CC(C)C. The summed E-state index contributed by atoms with van der Waals surface area (Å²) in [6.07, 6.45) is 2.12. The third kappa shape index (κ3) is 3.50. The van der Waals surface area contributed by atoms with Gasteiger partial charge in [-0.2, -0.15) is 0 Å². The first-order chi connectivity index (χ1) is 13.4. The smallest absolute Gasteiger partial charge is 0.240 e. The molecule has 1 aromatic carbocycles. The second-order valence-corrected chi connectivity index (χ2v) is 10.2. The average Bonchev–Trinajstić information content (AvgIpc) is 2.95. The zero-order valence-electron chi connectivity index (χ0n) is 17.9. The van der Waals surface area contributed by atoms with E-state index < -0.39 is 5.54 Å². The molecule has 4 fully saturated rings. The van der Waals surface area contributed by atoms with Gasteiger partial charge in [-0.15, -0.1) is 0 Å². The Hall–Kier alpha value is -1.39. The number of carbonyl (C=O) groups excluding carboxylic acids is 1. The molecule has 4 aliphatic rings. The normalized spacial score (nSPS) is 34.4. The quantitative estimate of drug-likeness (QED) is 0.759. The van der Waals surface area contributed by atoms with Gasteiger partial charge in [0, 0.05) is 38.1 Å². The highest BCUT2D eigenvalue weighted by molar-refractivity contribution is 5.87. The van der Waals surface area contributed by atoms with E-state index >= 15 is 0 Å². The Morgan fingerprint density at radius 1 is 1.21 bits per heavy atom. The fourth-order valence-electron chi connectivity index (χ4n) is 6.31. The zero-order chi connectivity index (χ0) is 19.9. The van der Waals surface area contributed by atoms with E-state index in [9.17, 15) is 4.79 Å². The predicted octanol–water partition coefficient (Wildman–Crippen LogP) is 3.28. The van der Waals surface area contributed by atoms with E-state index in [4.69, 9.17) is 0 Å². The third-order valence-corrected chi connectivity index (χ3v) is 7.24. The molecule has 0 radical (unpaired) electrons. The Morgan fingerprint density at radius 2 is 1.96 bits per heavy atom. The Kier molecular flexibility index (Phi) is 5.54. The van der Waals surface area contributed by atoms with Crippen LogP contribution < -0.4 is 10.6 Å². The fourth-order valence-corrected chi connectivity index (χ4v) is 6.31. The van der Waals surface area contributed by atoms with Crippen molar-refractivity contribution in [2.75, 3.05) is 19.6 Å². The van der Waals surface area contributed by atoms with Crippen LogP contribution in [0.5, 0.6) is 0 Å². The van der Waals surface area contributed by atoms with Gasteiger partial charge < -0.3 is 10.6 Å². The van der Waals surface area contributed by atoms with Crippen LogP contribution in [0.25, 0.3) is 0 Å². The van der Waals surface area contributed by atoms with Crippen LogP contribution in [-0.2, 0) is 11.3 Å². The van der Waals surface area contributed by atoms with Gasteiger partial charge in [0.05, 0.1) is 0 Å². The topological polar surface area (TPSA) is 44.4 Å². The number of benzene rings is 1. The number of nitrogens with zero attached hydrogens (tertiary/aromatic N) is 1. The molecule has 4 bridgehead atoms. The van der Waals surface area contributed by atoms with Gasteiger partial charge in [-0.25, -0.2) is 0 Å². The molecule has 4 nitrogen and oxygen atoms in total. The fraction of sp³-hybridized carbons (Fsp3) is 0.708. The first kappa shape index (κ1) is 19.9. The standard InChI is InChI=1S/C24H37N3O/c1-16(2)10-21-22-20-13-26-24(21,11-19(20)15-27(22)14-17(3)4)23(28)25-12-18-8-6-5-7-9-18/h5-9,16-17,19-22,26H,10-15H2,1-4H3,(H,25,28)/t19-,20-,21+,22+,24+/m1/s1. The van der Waals surface area contributed by atoms with Crippen molar-refractivity contribution in [2.24, 2.45) is 29.6 Å². The number of hydrogen-bond donors (Lipinski definition) is 2. The summed E-state index contributed by atoms with van der Waals surface area (Å²) >= 11 is 0. The van der Waals surface area contributed by atoms with Crippen LogP contribution >= 0.6 is 0 Å². The molecule has 1 aliphatic carbocycles. The van der Waals surface area contributed by atoms with Crippen molar-refractivity contribution in [1.82, 2.24) is 15.5 Å². The molecule has 2 N–H and O–H groups in total. The molecule has 0 spiro atoms. The molecule has 1 amide bonds. The van der Waals surface area contributed by atoms with Crippen LogP contribution in [0.1, 0.15) is 46.1 Å². The summed E-state index contributed by atoms with van der Waals surface area (Å²) in [4.78, 5) is 16.3. The van der Waals surface area contributed by atoms with E-state index in [2.05, 4.69) is 55.4 Å². The Labute approximate surface area is 170 Å². The maximum absolute atomic E-state index is 13.6. The number of nitrogens with one attached hydrogen (secondary N) is 2. The van der Waals surface area contributed by atoms with E-state index in [0.29, 0.717) is 42.2 Å². The minimum atomic E-state index is -0.394. The van der Waals surface area contributed by atoms with Gasteiger partial charge in [0.2, 0.25) is 5.91 Å². The minimum absolute atomic E-state index is 0.224. The van der Waals surface area contributed by atoms with Gasteiger partial charge in [0.1, 0.15) is 5.54 Å². The van der Waals surface area contributed by atoms with Gasteiger partial charge >= 0.3 is 0 Å². The summed E-state index contributed by atoms with van der Waals surface area (Å²) in [5.74, 6) is 3.28. The van der Waals surface area contributed by atoms with Crippen molar-refractivity contribution in [2.45, 2.75) is 58.7 Å². The minimum Gasteiger partial charge on any atom is -0.350 e. The van der Waals surface area contributed by atoms with Crippen LogP contribution in [0, 0.1) is 29.6 Å². The van der Waals surface area contributed by atoms with E-state index in [1.165, 1.54) is 12.1 Å². The molecule has 28 heavy (non-hydrogen) atoms. The highest BCUT2D eigenvalue weighted by Gasteiger charge is 2.64. The molecule has 3 heterocycles. The third-order valence-electron chi connectivity index (χ3n) is 7.24. The molecule has 0 aromatic heterocycles. The van der Waals surface area contributed by atoms with E-state index in [-0.39, 0.29) is 5.91 Å². The van der Waals surface area contributed by atoms with Crippen molar-refractivity contribution in [1.29, 1.82) is 0 Å². The Bertz CT molecular complexity index is 688. The molecule has 1 saturated carbocycles.